The molecule has 0 unspecified atom stereocenters. The predicted octanol–water partition coefficient (Wildman–Crippen LogP) is 2.62. The first-order valence-electron chi connectivity index (χ1n) is 7.98. The Bertz CT molecular complexity index is 678. The summed E-state index contributed by atoms with van der Waals surface area (Å²) in [5.41, 5.74) is 3.46. The summed E-state index contributed by atoms with van der Waals surface area (Å²) < 4.78 is 0. The van der Waals surface area contributed by atoms with Crippen molar-refractivity contribution >= 4 is 5.91 Å². The summed E-state index contributed by atoms with van der Waals surface area (Å²) in [4.78, 5) is 21.1. The zero-order valence-corrected chi connectivity index (χ0v) is 13.9. The lowest BCUT2D eigenvalue weighted by Crippen LogP contribution is -2.52. The van der Waals surface area contributed by atoms with Crippen LogP contribution < -0.4 is 0 Å². The minimum Gasteiger partial charge on any atom is -0.340 e. The maximum atomic E-state index is 13.0. The van der Waals surface area contributed by atoms with E-state index in [0.29, 0.717) is 5.92 Å². The van der Waals surface area contributed by atoms with Crippen LogP contribution in [0.1, 0.15) is 28.7 Å². The molecule has 0 saturated carbocycles. The van der Waals surface area contributed by atoms with Gasteiger partial charge in [-0.25, -0.2) is 0 Å². The number of likely N-dealkylation sites (N-methyl/N-ethyl adjacent to an activating group) is 1. The van der Waals surface area contributed by atoms with Crippen molar-refractivity contribution in [2.45, 2.75) is 18.9 Å². The number of amides is 1. The molecule has 120 valence electrons. The third-order valence-electron chi connectivity index (χ3n) is 4.58. The van der Waals surface area contributed by atoms with Crippen molar-refractivity contribution in [2.75, 3.05) is 27.2 Å². The van der Waals surface area contributed by atoms with Crippen LogP contribution in [0.3, 0.4) is 0 Å². The highest BCUT2D eigenvalue weighted by Gasteiger charge is 2.37. The number of carbonyl (C=O) groups excluding carboxylic acids is 1. The molecule has 0 bridgehead atoms. The molecule has 23 heavy (non-hydrogen) atoms. The smallest absolute Gasteiger partial charge is 0.244 e. The second kappa shape index (κ2) is 6.50. The van der Waals surface area contributed by atoms with Crippen LogP contribution in [0.25, 0.3) is 0 Å². The zero-order chi connectivity index (χ0) is 16.4. The number of pyridine rings is 1. The number of hydrogen-bond donors (Lipinski definition) is 0. The van der Waals surface area contributed by atoms with Gasteiger partial charge in [0, 0.05) is 31.4 Å². The summed E-state index contributed by atoms with van der Waals surface area (Å²) in [7, 11) is 3.93. The maximum Gasteiger partial charge on any atom is 0.244 e. The average Bonchev–Trinajstić information content (AvgIpc) is 2.49. The van der Waals surface area contributed by atoms with Gasteiger partial charge in [0.1, 0.15) is 6.04 Å². The Labute approximate surface area is 137 Å². The van der Waals surface area contributed by atoms with Crippen LogP contribution in [0.15, 0.2) is 48.8 Å². The molecule has 0 radical (unpaired) electrons. The van der Waals surface area contributed by atoms with Crippen molar-refractivity contribution in [1.82, 2.24) is 14.8 Å². The molecule has 4 nitrogen and oxygen atoms in total. The highest BCUT2D eigenvalue weighted by Crippen LogP contribution is 2.31. The number of benzene rings is 1. The van der Waals surface area contributed by atoms with E-state index in [4.69, 9.17) is 0 Å². The molecule has 0 N–H and O–H groups in total. The van der Waals surface area contributed by atoms with E-state index in [1.54, 1.807) is 6.20 Å². The number of aromatic nitrogens is 1. The molecule has 1 aliphatic rings. The summed E-state index contributed by atoms with van der Waals surface area (Å²) in [5, 5.41) is 0. The average molecular weight is 309 g/mol. The van der Waals surface area contributed by atoms with Crippen LogP contribution in [0.5, 0.6) is 0 Å². The second-order valence-corrected chi connectivity index (χ2v) is 6.45. The third kappa shape index (κ3) is 3.13. The maximum absolute atomic E-state index is 13.0. The first-order chi connectivity index (χ1) is 11.1. The van der Waals surface area contributed by atoms with E-state index in [1.165, 1.54) is 5.56 Å². The number of hydrogen-bond acceptors (Lipinski definition) is 3. The Morgan fingerprint density at radius 2 is 1.96 bits per heavy atom. The first-order valence-corrected chi connectivity index (χ1v) is 7.98. The van der Waals surface area contributed by atoms with Gasteiger partial charge in [-0.15, -0.1) is 0 Å². The normalized spacial score (nSPS) is 16.3. The van der Waals surface area contributed by atoms with Gasteiger partial charge in [0.15, 0.2) is 0 Å². The van der Waals surface area contributed by atoms with Crippen LogP contribution in [0.2, 0.25) is 0 Å². The van der Waals surface area contributed by atoms with E-state index in [2.05, 4.69) is 30.1 Å². The molecule has 1 aliphatic heterocycles. The van der Waals surface area contributed by atoms with Gasteiger partial charge in [-0.2, -0.15) is 0 Å². The molecule has 1 amide bonds. The van der Waals surface area contributed by atoms with Crippen LogP contribution >= 0.6 is 0 Å². The first kappa shape index (κ1) is 15.7. The SMILES string of the molecule is Cc1ccccc1[C@@H](C(=O)N1CC(c2cccnc2)C1)N(C)C. The Morgan fingerprint density at radius 1 is 1.22 bits per heavy atom. The monoisotopic (exact) mass is 309 g/mol. The standard InChI is InChI=1S/C19H23N3O/c1-14-7-4-5-9-17(14)18(21(2)3)19(23)22-12-16(13-22)15-8-6-10-20-11-15/h4-11,16,18H,12-13H2,1-3H3/t18-/m0/s1. The predicted molar refractivity (Wildman–Crippen MR) is 91.2 cm³/mol. The highest BCUT2D eigenvalue weighted by atomic mass is 16.2. The Hall–Kier alpha value is -2.20. The van der Waals surface area contributed by atoms with Gasteiger partial charge in [0.25, 0.3) is 0 Å². The summed E-state index contributed by atoms with van der Waals surface area (Å²) in [5.74, 6) is 0.594. The van der Waals surface area contributed by atoms with Crippen molar-refractivity contribution in [1.29, 1.82) is 0 Å². The number of carbonyl (C=O) groups is 1. The molecule has 0 aliphatic carbocycles. The number of aryl methyl sites for hydroxylation is 1. The third-order valence-corrected chi connectivity index (χ3v) is 4.58. The molecule has 1 fully saturated rings. The lowest BCUT2D eigenvalue weighted by molar-refractivity contribution is -0.141. The molecule has 4 heteroatoms. The molecule has 1 aromatic heterocycles. The molecule has 2 heterocycles. The van der Waals surface area contributed by atoms with Gasteiger partial charge in [0.2, 0.25) is 5.91 Å². The van der Waals surface area contributed by atoms with Crippen molar-refractivity contribution < 1.29 is 4.79 Å². The van der Waals surface area contributed by atoms with E-state index < -0.39 is 0 Å². The molecule has 1 saturated heterocycles. The van der Waals surface area contributed by atoms with E-state index in [1.807, 2.05) is 48.3 Å². The van der Waals surface area contributed by atoms with E-state index in [-0.39, 0.29) is 11.9 Å². The van der Waals surface area contributed by atoms with Crippen molar-refractivity contribution in [3.63, 3.8) is 0 Å². The van der Waals surface area contributed by atoms with Crippen LogP contribution in [0, 0.1) is 6.92 Å². The Kier molecular flexibility index (Phi) is 4.44. The summed E-state index contributed by atoms with van der Waals surface area (Å²) >= 11 is 0. The zero-order valence-electron chi connectivity index (χ0n) is 13.9. The lowest BCUT2D eigenvalue weighted by atomic mass is 9.90. The van der Waals surface area contributed by atoms with Crippen LogP contribution in [0.4, 0.5) is 0 Å². The van der Waals surface area contributed by atoms with Crippen LogP contribution in [-0.2, 0) is 4.79 Å². The molecular formula is C19H23N3O. The summed E-state index contributed by atoms with van der Waals surface area (Å²) in [6.45, 7) is 3.62. The molecule has 3 rings (SSSR count). The largest absolute Gasteiger partial charge is 0.340 e. The Morgan fingerprint density at radius 3 is 2.57 bits per heavy atom. The van der Waals surface area contributed by atoms with Gasteiger partial charge in [-0.1, -0.05) is 30.3 Å². The van der Waals surface area contributed by atoms with Gasteiger partial charge in [-0.05, 0) is 43.8 Å². The molecule has 1 atom stereocenters. The molecular weight excluding hydrogens is 286 g/mol. The van der Waals surface area contributed by atoms with Crippen LogP contribution in [-0.4, -0.2) is 47.9 Å². The highest BCUT2D eigenvalue weighted by molar-refractivity contribution is 5.84. The fourth-order valence-corrected chi connectivity index (χ4v) is 3.19. The van der Waals surface area contributed by atoms with Crippen molar-refractivity contribution in [3.8, 4) is 0 Å². The molecule has 1 aromatic carbocycles. The van der Waals surface area contributed by atoms with Crippen molar-refractivity contribution in [3.05, 3.63) is 65.5 Å². The van der Waals surface area contributed by atoms with Gasteiger partial charge >= 0.3 is 0 Å². The molecule has 2 aromatic rings. The second-order valence-electron chi connectivity index (χ2n) is 6.45. The quantitative estimate of drug-likeness (QED) is 0.871. The minimum atomic E-state index is -0.217. The van der Waals surface area contributed by atoms with E-state index in [0.717, 1.165) is 24.2 Å². The lowest BCUT2D eigenvalue weighted by Gasteiger charge is -2.42. The number of likely N-dealkylation sites (tertiary alicyclic amines) is 1. The summed E-state index contributed by atoms with van der Waals surface area (Å²) in [6.07, 6.45) is 3.68. The van der Waals surface area contributed by atoms with Crippen molar-refractivity contribution in [2.24, 2.45) is 0 Å². The van der Waals surface area contributed by atoms with Gasteiger partial charge in [0.05, 0.1) is 0 Å². The number of rotatable bonds is 4. The van der Waals surface area contributed by atoms with Gasteiger partial charge < -0.3 is 4.90 Å². The molecule has 0 spiro atoms. The fraction of sp³-hybridized carbons (Fsp3) is 0.368. The van der Waals surface area contributed by atoms with E-state index in [9.17, 15) is 4.79 Å². The Balaban J connectivity index is 1.73. The fourth-order valence-electron chi connectivity index (χ4n) is 3.19. The minimum absolute atomic E-state index is 0.185. The van der Waals surface area contributed by atoms with Gasteiger partial charge in [-0.3, -0.25) is 14.7 Å². The van der Waals surface area contributed by atoms with E-state index >= 15 is 0 Å². The topological polar surface area (TPSA) is 36.4 Å². The summed E-state index contributed by atoms with van der Waals surface area (Å²) in [6, 6.07) is 12.0. The number of nitrogens with zero attached hydrogens (tertiary/aromatic N) is 3.